The van der Waals surface area contributed by atoms with Crippen LogP contribution in [0.5, 0.6) is 0 Å². The van der Waals surface area contributed by atoms with Crippen molar-refractivity contribution in [3.05, 3.63) is 96.6 Å². The number of hydrogen-bond donors (Lipinski definition) is 2. The lowest BCUT2D eigenvalue weighted by Gasteiger charge is -2.38. The molecule has 0 spiro atoms. The molecular weight excluding hydrogens is 404 g/mol. The molecule has 1 saturated heterocycles. The van der Waals surface area contributed by atoms with Crippen LogP contribution in [0.15, 0.2) is 91.0 Å². The van der Waals surface area contributed by atoms with Crippen LogP contribution in [0, 0.1) is 0 Å². The quantitative estimate of drug-likeness (QED) is 0.434. The van der Waals surface area contributed by atoms with Gasteiger partial charge in [-0.05, 0) is 43.7 Å². The fourth-order valence-corrected chi connectivity index (χ4v) is 4.04. The van der Waals surface area contributed by atoms with Crippen LogP contribution >= 0.6 is 0 Å². The summed E-state index contributed by atoms with van der Waals surface area (Å²) in [7, 11) is 0. The van der Waals surface area contributed by atoms with E-state index in [2.05, 4.69) is 5.32 Å². The Morgan fingerprint density at radius 3 is 2.06 bits per heavy atom. The molecule has 1 atom stereocenters. The molecule has 2 N–H and O–H groups in total. The monoisotopic (exact) mass is 430 g/mol. The molecule has 164 valence electrons. The van der Waals surface area contributed by atoms with Crippen molar-refractivity contribution in [1.29, 1.82) is 0 Å². The fourth-order valence-electron chi connectivity index (χ4n) is 4.04. The number of para-hydroxylation sites is 2. The molecule has 7 heteroatoms. The molecule has 1 aliphatic rings. The van der Waals surface area contributed by atoms with Crippen molar-refractivity contribution < 1.29 is 14.8 Å². The third kappa shape index (κ3) is 4.02. The topological polar surface area (TPSA) is 76.1 Å². The molecule has 3 aromatic carbocycles. The van der Waals surface area contributed by atoms with Gasteiger partial charge in [0.2, 0.25) is 0 Å². The van der Waals surface area contributed by atoms with Gasteiger partial charge in [0, 0.05) is 17.9 Å². The molecule has 0 bridgehead atoms. The van der Waals surface area contributed by atoms with Gasteiger partial charge in [0.15, 0.2) is 6.17 Å². The first-order chi connectivity index (χ1) is 15.4. The lowest BCUT2D eigenvalue weighted by atomic mass is 9.99. The number of nitrogens with zero attached hydrogens (tertiary/aromatic N) is 3. The lowest BCUT2D eigenvalue weighted by molar-refractivity contribution is -0.0954. The number of carbonyl (C=O) groups excluding carboxylic acids is 2. The van der Waals surface area contributed by atoms with Gasteiger partial charge in [-0.15, -0.1) is 0 Å². The summed E-state index contributed by atoms with van der Waals surface area (Å²) < 4.78 is 0. The summed E-state index contributed by atoms with van der Waals surface area (Å²) in [5.41, 5.74) is 1.20. The first-order valence-corrected chi connectivity index (χ1v) is 10.4. The van der Waals surface area contributed by atoms with Crippen molar-refractivity contribution >= 4 is 23.4 Å². The molecule has 7 nitrogen and oxygen atoms in total. The van der Waals surface area contributed by atoms with Gasteiger partial charge in [-0.3, -0.25) is 10.1 Å². The second kappa shape index (κ2) is 8.72. The molecule has 0 radical (unpaired) electrons. The van der Waals surface area contributed by atoms with Crippen LogP contribution in [0.1, 0.15) is 19.4 Å². The summed E-state index contributed by atoms with van der Waals surface area (Å²) in [5.74, 6) is 0. The van der Waals surface area contributed by atoms with E-state index in [4.69, 9.17) is 0 Å². The third-order valence-corrected chi connectivity index (χ3v) is 5.69. The Hall–Kier alpha value is -3.84. The number of hydroxylamine groups is 2. The van der Waals surface area contributed by atoms with Gasteiger partial charge in [-0.2, -0.15) is 5.06 Å². The first kappa shape index (κ1) is 21.4. The smallest absolute Gasteiger partial charge is 0.311 e. The summed E-state index contributed by atoms with van der Waals surface area (Å²) in [6, 6.07) is 26.6. The number of hydrogen-bond acceptors (Lipinski definition) is 3. The Bertz CT molecular complexity index is 1070. The number of nitrogens with one attached hydrogen (secondary N) is 1. The molecule has 32 heavy (non-hydrogen) atoms. The van der Waals surface area contributed by atoms with E-state index < -0.39 is 17.7 Å². The number of benzene rings is 3. The van der Waals surface area contributed by atoms with E-state index in [0.717, 1.165) is 5.56 Å². The number of amides is 4. The van der Waals surface area contributed by atoms with Crippen LogP contribution in [-0.4, -0.2) is 38.9 Å². The van der Waals surface area contributed by atoms with Crippen molar-refractivity contribution in [2.24, 2.45) is 0 Å². The normalized spacial score (nSPS) is 17.3. The van der Waals surface area contributed by atoms with E-state index in [0.29, 0.717) is 23.0 Å². The summed E-state index contributed by atoms with van der Waals surface area (Å²) >= 11 is 0. The average molecular weight is 431 g/mol. The molecule has 1 aliphatic heterocycles. The molecule has 0 unspecified atom stereocenters. The maximum atomic E-state index is 13.6. The maximum absolute atomic E-state index is 13.6. The van der Waals surface area contributed by atoms with Gasteiger partial charge in [0.1, 0.15) is 0 Å². The number of carbonyl (C=O) groups is 2. The van der Waals surface area contributed by atoms with Crippen molar-refractivity contribution in [3.8, 4) is 0 Å². The SMILES string of the molecule is CC1(C)[C@@H](N(O)C(=O)Nc2ccccc2)N(c2ccccc2)C(=O)N1Cc1ccccc1. The van der Waals surface area contributed by atoms with Gasteiger partial charge in [0.25, 0.3) is 0 Å². The molecule has 0 aliphatic carbocycles. The van der Waals surface area contributed by atoms with Crippen molar-refractivity contribution in [3.63, 3.8) is 0 Å². The largest absolute Gasteiger partial charge is 0.347 e. The first-order valence-electron chi connectivity index (χ1n) is 10.4. The van der Waals surface area contributed by atoms with Crippen molar-refractivity contribution in [2.45, 2.75) is 32.1 Å². The minimum Gasteiger partial charge on any atom is -0.311 e. The molecule has 0 aromatic heterocycles. The zero-order chi connectivity index (χ0) is 22.7. The summed E-state index contributed by atoms with van der Waals surface area (Å²) in [6.07, 6.45) is -0.954. The molecule has 1 heterocycles. The predicted octanol–water partition coefficient (Wildman–Crippen LogP) is 5.16. The van der Waals surface area contributed by atoms with Gasteiger partial charge < -0.3 is 10.2 Å². The Morgan fingerprint density at radius 1 is 0.938 bits per heavy atom. The zero-order valence-corrected chi connectivity index (χ0v) is 18.1. The molecule has 0 saturated carbocycles. The van der Waals surface area contributed by atoms with Gasteiger partial charge in [-0.1, -0.05) is 66.7 Å². The van der Waals surface area contributed by atoms with E-state index in [1.54, 1.807) is 41.3 Å². The number of rotatable bonds is 5. The lowest BCUT2D eigenvalue weighted by Crippen LogP contribution is -2.58. The van der Waals surface area contributed by atoms with E-state index in [9.17, 15) is 14.8 Å². The number of anilines is 2. The van der Waals surface area contributed by atoms with Gasteiger partial charge in [0.05, 0.1) is 5.54 Å². The highest BCUT2D eigenvalue weighted by Gasteiger charge is 2.56. The molecule has 4 rings (SSSR count). The molecule has 1 fully saturated rings. The standard InChI is InChI=1S/C25H26N4O3/c1-25(2)22(29(32)23(30)26-20-14-8-4-9-15-20)28(21-16-10-5-11-17-21)24(31)27(25)18-19-12-6-3-7-13-19/h3-17,22,32H,18H2,1-2H3,(H,26,30)/t22-/m1/s1. The Labute approximate surface area is 187 Å². The van der Waals surface area contributed by atoms with Crippen LogP contribution < -0.4 is 10.2 Å². The van der Waals surface area contributed by atoms with E-state index in [-0.39, 0.29) is 6.03 Å². The van der Waals surface area contributed by atoms with Crippen molar-refractivity contribution in [1.82, 2.24) is 9.96 Å². The van der Waals surface area contributed by atoms with Gasteiger partial charge >= 0.3 is 12.1 Å². The Balaban J connectivity index is 1.69. The van der Waals surface area contributed by atoms with Gasteiger partial charge in [-0.25, -0.2) is 9.59 Å². The highest BCUT2D eigenvalue weighted by atomic mass is 16.5. The van der Waals surface area contributed by atoms with E-state index in [1.165, 1.54) is 4.90 Å². The summed E-state index contributed by atoms with van der Waals surface area (Å²) in [6.45, 7) is 4.04. The maximum Gasteiger partial charge on any atom is 0.347 e. The highest BCUT2D eigenvalue weighted by molar-refractivity contribution is 5.98. The molecule has 4 amide bonds. The third-order valence-electron chi connectivity index (χ3n) is 5.69. The average Bonchev–Trinajstić information content (AvgIpc) is 3.00. The van der Waals surface area contributed by atoms with E-state index >= 15 is 0 Å². The van der Waals surface area contributed by atoms with Crippen molar-refractivity contribution in [2.75, 3.05) is 10.2 Å². The molecule has 3 aromatic rings. The predicted molar refractivity (Wildman–Crippen MR) is 123 cm³/mol. The summed E-state index contributed by atoms with van der Waals surface area (Å²) in [4.78, 5) is 29.7. The minimum atomic E-state index is -0.954. The summed E-state index contributed by atoms with van der Waals surface area (Å²) in [5, 5.41) is 14.4. The Morgan fingerprint density at radius 2 is 1.47 bits per heavy atom. The minimum absolute atomic E-state index is 0.290. The van der Waals surface area contributed by atoms with Crippen LogP contribution in [-0.2, 0) is 6.54 Å². The van der Waals surface area contributed by atoms with Crippen LogP contribution in [0.25, 0.3) is 0 Å². The highest BCUT2D eigenvalue weighted by Crippen LogP contribution is 2.38. The molecular formula is C25H26N4O3. The van der Waals surface area contributed by atoms with Crippen LogP contribution in [0.4, 0.5) is 21.0 Å². The van der Waals surface area contributed by atoms with Crippen LogP contribution in [0.3, 0.4) is 0 Å². The Kier molecular flexibility index (Phi) is 5.83. The second-order valence-corrected chi connectivity index (χ2v) is 8.23. The van der Waals surface area contributed by atoms with E-state index in [1.807, 2.05) is 68.4 Å². The number of urea groups is 2. The van der Waals surface area contributed by atoms with Crippen LogP contribution in [0.2, 0.25) is 0 Å². The zero-order valence-electron chi connectivity index (χ0n) is 18.1. The second-order valence-electron chi connectivity index (χ2n) is 8.23. The fraction of sp³-hybridized carbons (Fsp3) is 0.200.